The summed E-state index contributed by atoms with van der Waals surface area (Å²) in [5, 5.41) is 16.9. The minimum Gasteiger partial charge on any atom is -0.479 e. The molecule has 2 aliphatic heterocycles. The van der Waals surface area contributed by atoms with Crippen LogP contribution < -0.4 is 15.4 Å². The average Bonchev–Trinajstić information content (AvgIpc) is 3.37. The molecule has 3 heterocycles. The third kappa shape index (κ3) is 6.44. The SMILES string of the molecule is CC1CCCCCC[C@H](NCc2ccccc2)C(=O)N2C[C@H](Oc3nc4ccc(F)cc4s3)C[C@H]2C(=O)N[C@]2(C(=O)O)C[C@@H]12. The van der Waals surface area contributed by atoms with Crippen LogP contribution in [0.4, 0.5) is 4.39 Å². The summed E-state index contributed by atoms with van der Waals surface area (Å²) >= 11 is 1.21. The standard InChI is InChI=1S/C33H39FN4O5S/c1-20-9-5-2-3-8-12-26(35-18-21-10-6-4-7-11-21)30(40)38-19-23(43-32-36-25-14-13-22(34)15-28(25)44-32)16-27(38)29(39)37-33(31(41)42)17-24(20)33/h4,6-7,10-11,13-15,20,23-24,26-27,35H,2-3,5,8-9,12,16-19H2,1H3,(H,37,39)(H,41,42)/t20?,23-,24+,26+,27+,33-/m1/s1. The van der Waals surface area contributed by atoms with Crippen LogP contribution in [0.5, 0.6) is 5.19 Å². The maximum Gasteiger partial charge on any atom is 0.329 e. The maximum absolute atomic E-state index is 14.2. The molecule has 0 spiro atoms. The number of thiazole rings is 1. The number of carboxylic acids is 1. The summed E-state index contributed by atoms with van der Waals surface area (Å²) in [6.07, 6.45) is 5.42. The molecule has 11 heteroatoms. The lowest BCUT2D eigenvalue weighted by Gasteiger charge is -2.29. The number of nitrogens with one attached hydrogen (secondary N) is 2. The Balaban J connectivity index is 1.26. The van der Waals surface area contributed by atoms with Crippen LogP contribution in [-0.4, -0.2) is 63.0 Å². The van der Waals surface area contributed by atoms with E-state index in [1.54, 1.807) is 11.0 Å². The fourth-order valence-corrected chi connectivity index (χ4v) is 7.79. The van der Waals surface area contributed by atoms with Gasteiger partial charge in [0.1, 0.15) is 23.5 Å². The third-order valence-electron chi connectivity index (χ3n) is 9.47. The van der Waals surface area contributed by atoms with E-state index in [1.807, 2.05) is 30.3 Å². The van der Waals surface area contributed by atoms with Gasteiger partial charge < -0.3 is 25.4 Å². The monoisotopic (exact) mass is 622 g/mol. The number of halogens is 1. The van der Waals surface area contributed by atoms with Gasteiger partial charge in [-0.25, -0.2) is 14.2 Å². The molecule has 2 aromatic carbocycles. The molecule has 6 rings (SSSR count). The van der Waals surface area contributed by atoms with Gasteiger partial charge in [-0.1, -0.05) is 80.7 Å². The third-order valence-corrected chi connectivity index (χ3v) is 10.4. The lowest BCUT2D eigenvalue weighted by molar-refractivity contribution is -0.146. The van der Waals surface area contributed by atoms with E-state index in [1.165, 1.54) is 23.5 Å². The average molecular weight is 623 g/mol. The van der Waals surface area contributed by atoms with Crippen molar-refractivity contribution in [2.24, 2.45) is 11.8 Å². The van der Waals surface area contributed by atoms with Crippen LogP contribution >= 0.6 is 11.3 Å². The number of rotatable bonds is 6. The molecule has 0 bridgehead atoms. The van der Waals surface area contributed by atoms with Crippen LogP contribution in [0.3, 0.4) is 0 Å². The molecule has 2 saturated heterocycles. The van der Waals surface area contributed by atoms with E-state index in [4.69, 9.17) is 4.74 Å². The minimum absolute atomic E-state index is 0.143. The molecule has 3 fully saturated rings. The van der Waals surface area contributed by atoms with Crippen molar-refractivity contribution < 1.29 is 28.6 Å². The zero-order valence-corrected chi connectivity index (χ0v) is 25.7. The number of hydrogen-bond donors (Lipinski definition) is 3. The summed E-state index contributed by atoms with van der Waals surface area (Å²) in [4.78, 5) is 46.6. The lowest BCUT2D eigenvalue weighted by atomic mass is 9.94. The van der Waals surface area contributed by atoms with E-state index in [9.17, 15) is 23.9 Å². The van der Waals surface area contributed by atoms with Gasteiger partial charge in [-0.2, -0.15) is 0 Å². The highest BCUT2D eigenvalue weighted by molar-refractivity contribution is 7.20. The number of fused-ring (bicyclic) bond motifs is 3. The highest BCUT2D eigenvalue weighted by atomic mass is 32.1. The second-order valence-corrected chi connectivity index (χ2v) is 13.5. The van der Waals surface area contributed by atoms with Crippen LogP contribution in [0.2, 0.25) is 0 Å². The van der Waals surface area contributed by atoms with Crippen molar-refractivity contribution in [1.82, 2.24) is 20.5 Å². The quantitative estimate of drug-likeness (QED) is 0.358. The summed E-state index contributed by atoms with van der Waals surface area (Å²) < 4.78 is 20.6. The number of carbonyl (C=O) groups is 3. The fraction of sp³-hybridized carbons (Fsp3) is 0.515. The molecule has 1 aliphatic carbocycles. The predicted molar refractivity (Wildman–Crippen MR) is 165 cm³/mol. The first-order chi connectivity index (χ1) is 21.2. The van der Waals surface area contributed by atoms with Crippen molar-refractivity contribution in [3.05, 3.63) is 59.9 Å². The summed E-state index contributed by atoms with van der Waals surface area (Å²) in [6, 6.07) is 12.8. The second-order valence-electron chi connectivity index (χ2n) is 12.5. The Morgan fingerprint density at radius 2 is 1.93 bits per heavy atom. The molecule has 6 atom stereocenters. The normalized spacial score (nSPS) is 29.7. The van der Waals surface area contributed by atoms with Crippen molar-refractivity contribution in [1.29, 1.82) is 0 Å². The van der Waals surface area contributed by atoms with E-state index in [-0.39, 0.29) is 36.5 Å². The van der Waals surface area contributed by atoms with Gasteiger partial charge in [-0.3, -0.25) is 9.59 Å². The largest absolute Gasteiger partial charge is 0.479 e. The molecule has 1 saturated carbocycles. The number of aromatic nitrogens is 1. The molecule has 9 nitrogen and oxygen atoms in total. The summed E-state index contributed by atoms with van der Waals surface area (Å²) in [6.45, 7) is 2.73. The number of carbonyl (C=O) groups excluding carboxylic acids is 2. The molecule has 1 aromatic heterocycles. The molecule has 44 heavy (non-hydrogen) atoms. The van der Waals surface area contributed by atoms with Crippen molar-refractivity contribution in [2.75, 3.05) is 6.54 Å². The van der Waals surface area contributed by atoms with Gasteiger partial charge in [-0.05, 0) is 48.4 Å². The molecule has 2 amide bonds. The van der Waals surface area contributed by atoms with Crippen molar-refractivity contribution in [3.8, 4) is 5.19 Å². The smallest absolute Gasteiger partial charge is 0.329 e. The van der Waals surface area contributed by atoms with Crippen LogP contribution in [0.15, 0.2) is 48.5 Å². The number of benzene rings is 2. The first kappa shape index (κ1) is 30.5. The van der Waals surface area contributed by atoms with Crippen LogP contribution in [-0.2, 0) is 20.9 Å². The van der Waals surface area contributed by atoms with Crippen molar-refractivity contribution >= 4 is 39.3 Å². The topological polar surface area (TPSA) is 121 Å². The Kier molecular flexibility index (Phi) is 8.87. The second kappa shape index (κ2) is 12.8. The van der Waals surface area contributed by atoms with E-state index >= 15 is 0 Å². The molecular formula is C33H39FN4O5S. The van der Waals surface area contributed by atoms with E-state index in [0.717, 1.165) is 37.7 Å². The number of nitrogens with zero attached hydrogens (tertiary/aromatic N) is 2. The van der Waals surface area contributed by atoms with Crippen LogP contribution in [0.1, 0.15) is 63.9 Å². The first-order valence-corrected chi connectivity index (χ1v) is 16.4. The van der Waals surface area contributed by atoms with E-state index in [2.05, 4.69) is 22.5 Å². The van der Waals surface area contributed by atoms with Gasteiger partial charge in [0.2, 0.25) is 11.8 Å². The van der Waals surface area contributed by atoms with Crippen LogP contribution in [0.25, 0.3) is 10.2 Å². The predicted octanol–water partition coefficient (Wildman–Crippen LogP) is 4.89. The van der Waals surface area contributed by atoms with Crippen molar-refractivity contribution in [2.45, 2.75) is 88.6 Å². The number of hydrogen-bond acceptors (Lipinski definition) is 7. The molecule has 234 valence electrons. The number of amides is 2. The molecule has 3 N–H and O–H groups in total. The fourth-order valence-electron chi connectivity index (χ4n) is 6.89. The summed E-state index contributed by atoms with van der Waals surface area (Å²) in [5.74, 6) is -2.04. The van der Waals surface area contributed by atoms with E-state index in [0.29, 0.717) is 34.8 Å². The van der Waals surface area contributed by atoms with Gasteiger partial charge in [0, 0.05) is 13.0 Å². The Morgan fingerprint density at radius 1 is 1.16 bits per heavy atom. The Bertz CT molecular complexity index is 1520. The van der Waals surface area contributed by atoms with Gasteiger partial charge >= 0.3 is 5.97 Å². The summed E-state index contributed by atoms with van der Waals surface area (Å²) in [5.41, 5.74) is 0.347. The van der Waals surface area contributed by atoms with E-state index < -0.39 is 35.6 Å². The van der Waals surface area contributed by atoms with Gasteiger partial charge in [0.05, 0.1) is 22.8 Å². The Labute approximate surface area is 260 Å². The van der Waals surface area contributed by atoms with Crippen molar-refractivity contribution in [3.63, 3.8) is 0 Å². The zero-order valence-electron chi connectivity index (χ0n) is 24.8. The molecule has 0 radical (unpaired) electrons. The van der Waals surface area contributed by atoms with Crippen LogP contribution in [0, 0.1) is 17.7 Å². The van der Waals surface area contributed by atoms with Gasteiger partial charge in [-0.15, -0.1) is 0 Å². The highest BCUT2D eigenvalue weighted by Gasteiger charge is 2.64. The Morgan fingerprint density at radius 3 is 2.70 bits per heavy atom. The molecule has 3 aliphatic rings. The summed E-state index contributed by atoms with van der Waals surface area (Å²) in [7, 11) is 0. The number of ether oxygens (including phenoxy) is 1. The van der Waals surface area contributed by atoms with Gasteiger partial charge in [0.25, 0.3) is 5.19 Å². The number of carboxylic acid groups (broad SMARTS) is 1. The molecule has 1 unspecified atom stereocenters. The molecular weight excluding hydrogens is 583 g/mol. The first-order valence-electron chi connectivity index (χ1n) is 15.6. The maximum atomic E-state index is 14.2. The number of aliphatic carboxylic acids is 1. The molecule has 3 aromatic rings. The van der Waals surface area contributed by atoms with Gasteiger partial charge in [0.15, 0.2) is 0 Å². The Hall–Kier alpha value is -3.57. The zero-order chi connectivity index (χ0) is 30.8. The highest BCUT2D eigenvalue weighted by Crippen LogP contribution is 2.50. The lowest BCUT2D eigenvalue weighted by Crippen LogP contribution is -2.56. The minimum atomic E-state index is -1.31.